The van der Waals surface area contributed by atoms with Crippen LogP contribution in [0.25, 0.3) is 22.3 Å². The summed E-state index contributed by atoms with van der Waals surface area (Å²) in [4.78, 5) is 32.1. The summed E-state index contributed by atoms with van der Waals surface area (Å²) in [5, 5.41) is 3.20. The molecule has 0 radical (unpaired) electrons. The average molecular weight is 568 g/mol. The van der Waals surface area contributed by atoms with E-state index in [1.54, 1.807) is 18.6 Å². The Morgan fingerprint density at radius 1 is 1.05 bits per heavy atom. The number of piperidine rings is 1. The van der Waals surface area contributed by atoms with Gasteiger partial charge >= 0.3 is 0 Å². The number of nitrogens with one attached hydrogen (secondary N) is 1. The van der Waals surface area contributed by atoms with Gasteiger partial charge < -0.3 is 19.7 Å². The standard InChI is InChI=1S/C33H38FN7O/c1-20(2)40-19-36-28-17-27(38-31(30(28)40)37-26-10-11-35-18-25(26)34)21-8-9-24-29(14-21)41(32(42)33(24,3)4)23-15-22(16-23)39-12-6-5-7-13-39/h8-11,14,17-20,22-23H,5-7,12-13,15-16H2,1-4H3,(H,35,37,38)/t22-,23+. The number of pyridine rings is 2. The van der Waals surface area contributed by atoms with Crippen LogP contribution in [0, 0.1) is 5.82 Å². The second-order valence-electron chi connectivity index (χ2n) is 12.9. The van der Waals surface area contributed by atoms with Crippen molar-refractivity contribution in [2.75, 3.05) is 23.3 Å². The van der Waals surface area contributed by atoms with Crippen molar-refractivity contribution in [1.29, 1.82) is 0 Å². The van der Waals surface area contributed by atoms with E-state index in [9.17, 15) is 9.18 Å². The summed E-state index contributed by atoms with van der Waals surface area (Å²) in [6.07, 6.45) is 10.5. The highest BCUT2D eigenvalue weighted by Gasteiger charge is 2.50. The number of halogens is 1. The van der Waals surface area contributed by atoms with Gasteiger partial charge in [-0.1, -0.05) is 18.6 Å². The van der Waals surface area contributed by atoms with Crippen LogP contribution >= 0.6 is 0 Å². The van der Waals surface area contributed by atoms with E-state index in [4.69, 9.17) is 4.98 Å². The number of aromatic nitrogens is 4. The molecule has 1 amide bonds. The summed E-state index contributed by atoms with van der Waals surface area (Å²) < 4.78 is 16.7. The first-order chi connectivity index (χ1) is 20.2. The fourth-order valence-electron chi connectivity index (χ4n) is 6.95. The van der Waals surface area contributed by atoms with Crippen LogP contribution in [-0.4, -0.2) is 55.5 Å². The van der Waals surface area contributed by atoms with Crippen LogP contribution in [-0.2, 0) is 10.2 Å². The number of fused-ring (bicyclic) bond motifs is 2. The Morgan fingerprint density at radius 3 is 2.57 bits per heavy atom. The topological polar surface area (TPSA) is 79.2 Å². The highest BCUT2D eigenvalue weighted by Crippen LogP contribution is 2.48. The Morgan fingerprint density at radius 2 is 1.83 bits per heavy atom. The molecular formula is C33H38FN7O. The largest absolute Gasteiger partial charge is 0.336 e. The summed E-state index contributed by atoms with van der Waals surface area (Å²) in [5.41, 5.74) is 4.94. The van der Waals surface area contributed by atoms with Crippen LogP contribution in [0.2, 0.25) is 0 Å². The maximum atomic E-state index is 14.6. The van der Waals surface area contributed by atoms with Crippen LogP contribution in [0.5, 0.6) is 0 Å². The van der Waals surface area contributed by atoms with Gasteiger partial charge in [0.25, 0.3) is 0 Å². The number of carbonyl (C=O) groups is 1. The fraction of sp³-hybridized carbons (Fsp3) is 0.455. The summed E-state index contributed by atoms with van der Waals surface area (Å²) in [7, 11) is 0. The van der Waals surface area contributed by atoms with Crippen LogP contribution in [0.4, 0.5) is 21.6 Å². The SMILES string of the molecule is CC(C)n1cnc2cc(-c3ccc4c(c3)N([C@H]3C[C@@H](N5CCCCC5)C3)C(=O)C4(C)C)nc(Nc3ccncc3F)c21. The molecule has 4 aromatic rings. The molecule has 3 aromatic heterocycles. The number of rotatable bonds is 6. The molecule has 9 heteroatoms. The molecule has 218 valence electrons. The lowest BCUT2D eigenvalue weighted by molar-refractivity contribution is -0.123. The summed E-state index contributed by atoms with van der Waals surface area (Å²) in [5.74, 6) is 0.244. The maximum Gasteiger partial charge on any atom is 0.237 e. The van der Waals surface area contributed by atoms with E-state index in [2.05, 4.69) is 51.1 Å². The smallest absolute Gasteiger partial charge is 0.237 e. The van der Waals surface area contributed by atoms with E-state index in [1.165, 1.54) is 38.5 Å². The van der Waals surface area contributed by atoms with E-state index in [1.807, 2.05) is 30.5 Å². The molecule has 0 bridgehead atoms. The molecule has 7 rings (SSSR count). The second-order valence-corrected chi connectivity index (χ2v) is 12.9. The van der Waals surface area contributed by atoms with E-state index < -0.39 is 11.2 Å². The highest BCUT2D eigenvalue weighted by atomic mass is 19.1. The van der Waals surface area contributed by atoms with Crippen LogP contribution in [0.15, 0.2) is 49.1 Å². The van der Waals surface area contributed by atoms with Gasteiger partial charge in [-0.15, -0.1) is 0 Å². The number of amides is 1. The number of hydrogen-bond donors (Lipinski definition) is 1. The average Bonchev–Trinajstić information content (AvgIpc) is 3.47. The minimum Gasteiger partial charge on any atom is -0.336 e. The number of likely N-dealkylation sites (tertiary alicyclic amines) is 1. The Kier molecular flexibility index (Phi) is 6.53. The number of imidazole rings is 1. The summed E-state index contributed by atoms with van der Waals surface area (Å²) in [6, 6.07) is 10.7. The van der Waals surface area contributed by atoms with Gasteiger partial charge in [0.2, 0.25) is 5.91 Å². The van der Waals surface area contributed by atoms with Gasteiger partial charge in [-0.2, -0.15) is 0 Å². The monoisotopic (exact) mass is 567 g/mol. The van der Waals surface area contributed by atoms with Gasteiger partial charge in [0.1, 0.15) is 5.52 Å². The number of hydrogen-bond acceptors (Lipinski definition) is 6. The molecule has 3 aliphatic rings. The zero-order chi connectivity index (χ0) is 29.2. The van der Waals surface area contributed by atoms with Crippen molar-refractivity contribution < 1.29 is 9.18 Å². The third kappa shape index (κ3) is 4.37. The first-order valence-electron chi connectivity index (χ1n) is 15.2. The van der Waals surface area contributed by atoms with Gasteiger partial charge in [0.15, 0.2) is 11.6 Å². The van der Waals surface area contributed by atoms with Crippen molar-refractivity contribution in [3.63, 3.8) is 0 Å². The van der Waals surface area contributed by atoms with Gasteiger partial charge in [-0.05, 0) is 90.2 Å². The number of carbonyl (C=O) groups excluding carboxylic acids is 1. The predicted molar refractivity (Wildman–Crippen MR) is 164 cm³/mol. The normalized spacial score (nSPS) is 22.0. The zero-order valence-corrected chi connectivity index (χ0v) is 24.8. The van der Waals surface area contributed by atoms with E-state index >= 15 is 0 Å². The minimum absolute atomic E-state index is 0.142. The minimum atomic E-state index is -0.580. The number of anilines is 3. The molecule has 0 unspecified atom stereocenters. The van der Waals surface area contributed by atoms with E-state index in [0.717, 1.165) is 40.7 Å². The quantitative estimate of drug-likeness (QED) is 0.283. The van der Waals surface area contributed by atoms with Gasteiger partial charge in [0, 0.05) is 35.6 Å². The second kappa shape index (κ2) is 10.2. The molecule has 1 saturated heterocycles. The molecular weight excluding hydrogens is 529 g/mol. The molecule has 0 spiro atoms. The fourth-order valence-corrected chi connectivity index (χ4v) is 6.95. The molecule has 2 fully saturated rings. The molecule has 1 saturated carbocycles. The first kappa shape index (κ1) is 27.0. The summed E-state index contributed by atoms with van der Waals surface area (Å²) in [6.45, 7) is 10.6. The molecule has 1 N–H and O–H groups in total. The Labute approximate surface area is 246 Å². The molecule has 8 nitrogen and oxygen atoms in total. The van der Waals surface area contributed by atoms with Crippen molar-refractivity contribution >= 4 is 34.1 Å². The molecule has 1 aliphatic carbocycles. The third-order valence-electron chi connectivity index (χ3n) is 9.47. The Balaban J connectivity index is 1.27. The van der Waals surface area contributed by atoms with E-state index in [0.29, 0.717) is 23.2 Å². The van der Waals surface area contributed by atoms with E-state index in [-0.39, 0.29) is 18.0 Å². The molecule has 42 heavy (non-hydrogen) atoms. The van der Waals surface area contributed by atoms with Crippen LogP contribution in [0.3, 0.4) is 0 Å². The van der Waals surface area contributed by atoms with Crippen molar-refractivity contribution in [2.45, 2.75) is 83.3 Å². The Hall–Kier alpha value is -3.85. The maximum absolute atomic E-state index is 14.6. The molecule has 1 aromatic carbocycles. The highest BCUT2D eigenvalue weighted by molar-refractivity contribution is 6.08. The predicted octanol–water partition coefficient (Wildman–Crippen LogP) is 6.60. The lowest BCUT2D eigenvalue weighted by Gasteiger charge is -2.48. The molecule has 5 heterocycles. The lowest BCUT2D eigenvalue weighted by Crippen LogP contribution is -2.57. The van der Waals surface area contributed by atoms with Gasteiger partial charge in [-0.25, -0.2) is 14.4 Å². The van der Waals surface area contributed by atoms with Gasteiger partial charge in [0.05, 0.1) is 34.8 Å². The molecule has 2 aliphatic heterocycles. The first-order valence-corrected chi connectivity index (χ1v) is 15.2. The number of nitrogens with zero attached hydrogens (tertiary/aromatic N) is 6. The zero-order valence-electron chi connectivity index (χ0n) is 24.8. The lowest BCUT2D eigenvalue weighted by atomic mass is 9.82. The van der Waals surface area contributed by atoms with Crippen LogP contribution in [0.1, 0.15) is 71.4 Å². The third-order valence-corrected chi connectivity index (χ3v) is 9.47. The summed E-state index contributed by atoms with van der Waals surface area (Å²) >= 11 is 0. The van der Waals surface area contributed by atoms with Crippen molar-refractivity contribution in [2.24, 2.45) is 0 Å². The Bertz CT molecular complexity index is 1670. The van der Waals surface area contributed by atoms with Crippen LogP contribution < -0.4 is 10.2 Å². The van der Waals surface area contributed by atoms with Crippen molar-refractivity contribution in [3.05, 3.63) is 60.4 Å². The number of benzene rings is 1. The van der Waals surface area contributed by atoms with Crippen molar-refractivity contribution in [3.8, 4) is 11.3 Å². The van der Waals surface area contributed by atoms with Crippen molar-refractivity contribution in [1.82, 2.24) is 24.4 Å². The van der Waals surface area contributed by atoms with Gasteiger partial charge in [-0.3, -0.25) is 9.78 Å². The molecule has 0 atom stereocenters.